The van der Waals surface area contributed by atoms with E-state index in [0.29, 0.717) is 12.1 Å². The molecule has 0 heterocycles. The fraction of sp³-hybridized carbons (Fsp3) is 0.375. The van der Waals surface area contributed by atoms with Crippen molar-refractivity contribution in [2.45, 2.75) is 69.4 Å². The number of aryl methyl sites for hydroxylation is 1. The molecule has 1 saturated carbocycles. The van der Waals surface area contributed by atoms with Gasteiger partial charge < -0.3 is 10.2 Å². The molecule has 7 nitrogen and oxygen atoms in total. The van der Waals surface area contributed by atoms with Crippen LogP contribution in [-0.4, -0.2) is 50.3 Å². The molecule has 0 unspecified atom stereocenters. The second-order valence-electron chi connectivity index (χ2n) is 10.6. The van der Waals surface area contributed by atoms with Gasteiger partial charge in [0.15, 0.2) is 0 Å². The summed E-state index contributed by atoms with van der Waals surface area (Å²) in [7, 11) is -4.23. The zero-order valence-corrected chi connectivity index (χ0v) is 24.4. The molecule has 0 aromatic heterocycles. The van der Waals surface area contributed by atoms with Crippen molar-refractivity contribution in [3.63, 3.8) is 0 Å². The first kappa shape index (κ1) is 30.2. The number of hydrogen-bond donors (Lipinski definition) is 1. The highest BCUT2D eigenvalue weighted by Gasteiger charge is 2.33. The van der Waals surface area contributed by atoms with E-state index in [9.17, 15) is 22.4 Å². The minimum absolute atomic E-state index is 0.0766. The molecule has 0 spiro atoms. The fourth-order valence-electron chi connectivity index (χ4n) is 5.11. The Balaban J connectivity index is 1.63. The second-order valence-corrected chi connectivity index (χ2v) is 12.5. The van der Waals surface area contributed by atoms with Gasteiger partial charge in [0.25, 0.3) is 10.0 Å². The lowest BCUT2D eigenvalue weighted by Crippen LogP contribution is -2.53. The summed E-state index contributed by atoms with van der Waals surface area (Å²) in [5.41, 5.74) is 2.23. The van der Waals surface area contributed by atoms with Crippen molar-refractivity contribution in [1.82, 2.24) is 10.2 Å². The summed E-state index contributed by atoms with van der Waals surface area (Å²) in [6.45, 7) is 3.29. The fourth-order valence-corrected chi connectivity index (χ4v) is 6.53. The summed E-state index contributed by atoms with van der Waals surface area (Å²) in [4.78, 5) is 28.6. The van der Waals surface area contributed by atoms with Crippen LogP contribution in [0.3, 0.4) is 0 Å². The molecule has 0 radical (unpaired) electrons. The van der Waals surface area contributed by atoms with Gasteiger partial charge >= 0.3 is 0 Å². The van der Waals surface area contributed by atoms with Crippen molar-refractivity contribution in [2.24, 2.45) is 0 Å². The molecular formula is C32H38FN3O4S. The Morgan fingerprint density at radius 1 is 0.927 bits per heavy atom. The summed E-state index contributed by atoms with van der Waals surface area (Å²) < 4.78 is 42.2. The third-order valence-corrected chi connectivity index (χ3v) is 9.39. The molecule has 1 aliphatic rings. The molecule has 1 N–H and O–H groups in total. The topological polar surface area (TPSA) is 86.8 Å². The average molecular weight is 580 g/mol. The Kier molecular flexibility index (Phi) is 10.2. The van der Waals surface area contributed by atoms with Crippen molar-refractivity contribution in [2.75, 3.05) is 17.4 Å². The highest BCUT2D eigenvalue weighted by Crippen LogP contribution is 2.25. The van der Waals surface area contributed by atoms with Gasteiger partial charge in [0, 0.05) is 12.6 Å². The van der Waals surface area contributed by atoms with Crippen LogP contribution in [-0.2, 0) is 26.0 Å². The normalized spacial score (nSPS) is 14.7. The maximum absolute atomic E-state index is 14.0. The van der Waals surface area contributed by atoms with Gasteiger partial charge in [-0.3, -0.25) is 13.9 Å². The highest BCUT2D eigenvalue weighted by atomic mass is 32.2. The van der Waals surface area contributed by atoms with Crippen LogP contribution in [0, 0.1) is 12.7 Å². The predicted octanol–water partition coefficient (Wildman–Crippen LogP) is 5.24. The third kappa shape index (κ3) is 7.94. The van der Waals surface area contributed by atoms with Gasteiger partial charge in [0.05, 0.1) is 10.6 Å². The van der Waals surface area contributed by atoms with Gasteiger partial charge in [-0.2, -0.15) is 0 Å². The molecule has 9 heteroatoms. The van der Waals surface area contributed by atoms with Crippen LogP contribution in [0.1, 0.15) is 50.2 Å². The van der Waals surface area contributed by atoms with Crippen LogP contribution < -0.4 is 9.62 Å². The lowest BCUT2D eigenvalue weighted by atomic mass is 9.95. The molecule has 1 fully saturated rings. The number of anilines is 1. The van der Waals surface area contributed by atoms with Crippen LogP contribution >= 0.6 is 0 Å². The predicted molar refractivity (Wildman–Crippen MR) is 158 cm³/mol. The van der Waals surface area contributed by atoms with Gasteiger partial charge in [0.1, 0.15) is 18.4 Å². The lowest BCUT2D eigenvalue weighted by Gasteiger charge is -2.33. The van der Waals surface area contributed by atoms with Crippen molar-refractivity contribution < 1.29 is 22.4 Å². The Hall–Kier alpha value is -3.72. The number of sulfonamides is 1. The van der Waals surface area contributed by atoms with E-state index in [0.717, 1.165) is 59.7 Å². The highest BCUT2D eigenvalue weighted by molar-refractivity contribution is 7.92. The SMILES string of the molecule is Cc1ccc(N(CC(=O)N(CCc2ccccc2)[C@H](C)C(=O)NC2CCCCC2)S(=O)(=O)c2ccc(F)cc2)cc1. The van der Waals surface area contributed by atoms with Gasteiger partial charge in [-0.15, -0.1) is 0 Å². The maximum Gasteiger partial charge on any atom is 0.264 e. The third-order valence-electron chi connectivity index (χ3n) is 7.61. The first-order valence-electron chi connectivity index (χ1n) is 14.1. The molecule has 4 rings (SSSR count). The van der Waals surface area contributed by atoms with E-state index in [1.807, 2.05) is 37.3 Å². The number of hydrogen-bond acceptors (Lipinski definition) is 4. The second kappa shape index (κ2) is 13.8. The first-order valence-corrected chi connectivity index (χ1v) is 15.6. The summed E-state index contributed by atoms with van der Waals surface area (Å²) >= 11 is 0. The molecule has 1 atom stereocenters. The molecule has 0 bridgehead atoms. The van der Waals surface area contributed by atoms with Gasteiger partial charge in [-0.05, 0) is 75.1 Å². The Bertz CT molecular complexity index is 1410. The number of amides is 2. The zero-order chi connectivity index (χ0) is 29.4. The summed E-state index contributed by atoms with van der Waals surface area (Å²) in [5.74, 6) is -1.31. The van der Waals surface area contributed by atoms with E-state index < -0.39 is 34.3 Å². The zero-order valence-electron chi connectivity index (χ0n) is 23.6. The molecule has 0 aliphatic heterocycles. The molecular weight excluding hydrogens is 541 g/mol. The van der Waals surface area contributed by atoms with Crippen LogP contribution in [0.15, 0.2) is 83.8 Å². The largest absolute Gasteiger partial charge is 0.352 e. The molecule has 0 saturated heterocycles. The van der Waals surface area contributed by atoms with Crippen molar-refractivity contribution >= 4 is 27.5 Å². The summed E-state index contributed by atoms with van der Waals surface area (Å²) in [6, 6.07) is 20.2. The smallest absolute Gasteiger partial charge is 0.264 e. The molecule has 3 aromatic rings. The number of benzene rings is 3. The standard InChI is InChI=1S/C32H38FN3O4S/c1-24-13-17-29(18-14-24)36(41(39,40)30-19-15-27(33)16-20-30)23-31(37)35(22-21-26-9-5-3-6-10-26)25(2)32(38)34-28-11-7-4-8-12-28/h3,5-6,9-10,13-20,25,28H,4,7-8,11-12,21-23H2,1-2H3,(H,34,38)/t25-/m1/s1. The van der Waals surface area contributed by atoms with Crippen LogP contribution in [0.25, 0.3) is 0 Å². The summed E-state index contributed by atoms with van der Waals surface area (Å²) in [5, 5.41) is 3.10. The minimum atomic E-state index is -4.23. The quantitative estimate of drug-likeness (QED) is 0.337. The molecule has 218 valence electrons. The van der Waals surface area contributed by atoms with E-state index in [1.165, 1.54) is 17.0 Å². The summed E-state index contributed by atoms with van der Waals surface area (Å²) in [6.07, 6.45) is 5.59. The Morgan fingerprint density at radius 2 is 1.56 bits per heavy atom. The monoisotopic (exact) mass is 579 g/mol. The number of nitrogens with zero attached hydrogens (tertiary/aromatic N) is 2. The van der Waals surface area contributed by atoms with Crippen molar-refractivity contribution in [3.8, 4) is 0 Å². The molecule has 3 aromatic carbocycles. The van der Waals surface area contributed by atoms with Crippen LogP contribution in [0.2, 0.25) is 0 Å². The first-order chi connectivity index (χ1) is 19.6. The maximum atomic E-state index is 14.0. The van der Waals surface area contributed by atoms with Crippen molar-refractivity contribution in [1.29, 1.82) is 0 Å². The average Bonchev–Trinajstić information content (AvgIpc) is 2.97. The Morgan fingerprint density at radius 3 is 2.20 bits per heavy atom. The number of carbonyl (C=O) groups is 2. The molecule has 1 aliphatic carbocycles. The van der Waals surface area contributed by atoms with Crippen LogP contribution in [0.4, 0.5) is 10.1 Å². The van der Waals surface area contributed by atoms with E-state index in [4.69, 9.17) is 0 Å². The van der Waals surface area contributed by atoms with E-state index in [-0.39, 0.29) is 23.4 Å². The number of rotatable bonds is 11. The van der Waals surface area contributed by atoms with E-state index >= 15 is 0 Å². The number of carbonyl (C=O) groups excluding carboxylic acids is 2. The van der Waals surface area contributed by atoms with Gasteiger partial charge in [-0.1, -0.05) is 67.3 Å². The Labute approximate surface area is 242 Å². The molecule has 2 amide bonds. The molecule has 41 heavy (non-hydrogen) atoms. The number of nitrogens with one attached hydrogen (secondary N) is 1. The van der Waals surface area contributed by atoms with Crippen molar-refractivity contribution in [3.05, 3.63) is 95.8 Å². The van der Waals surface area contributed by atoms with Crippen LogP contribution in [0.5, 0.6) is 0 Å². The van der Waals surface area contributed by atoms with Gasteiger partial charge in [-0.25, -0.2) is 12.8 Å². The minimum Gasteiger partial charge on any atom is -0.352 e. The lowest BCUT2D eigenvalue weighted by molar-refractivity contribution is -0.139. The number of halogens is 1. The van der Waals surface area contributed by atoms with E-state index in [1.54, 1.807) is 31.2 Å². The van der Waals surface area contributed by atoms with Gasteiger partial charge in [0.2, 0.25) is 11.8 Å². The van der Waals surface area contributed by atoms with E-state index in [2.05, 4.69) is 5.32 Å².